The first-order valence-electron chi connectivity index (χ1n) is 6.12. The Morgan fingerprint density at radius 1 is 1.44 bits per heavy atom. The van der Waals surface area contributed by atoms with Gasteiger partial charge in [-0.05, 0) is 38.6 Å². The zero-order valence-electron chi connectivity index (χ0n) is 11.9. The minimum Gasteiger partial charge on any atom is -0.469 e. The van der Waals surface area contributed by atoms with E-state index in [0.717, 1.165) is 17.5 Å². The van der Waals surface area contributed by atoms with Gasteiger partial charge < -0.3 is 4.74 Å². The van der Waals surface area contributed by atoms with Gasteiger partial charge in [0.25, 0.3) is 0 Å². The standard InChI is InChI=1S/C14H22N2O2/c1-6-14(2,16(3)4)12-7-11(9-15-10-12)8-13(17)18-5/h7,9-10H,6,8H2,1-5H3. The van der Waals surface area contributed by atoms with Crippen LogP contribution in [0.2, 0.25) is 0 Å². The van der Waals surface area contributed by atoms with Gasteiger partial charge >= 0.3 is 5.97 Å². The van der Waals surface area contributed by atoms with E-state index in [4.69, 9.17) is 0 Å². The lowest BCUT2D eigenvalue weighted by Gasteiger charge is -2.36. The molecule has 1 heterocycles. The van der Waals surface area contributed by atoms with Crippen molar-refractivity contribution in [2.75, 3.05) is 21.2 Å². The molecule has 1 aromatic rings. The largest absolute Gasteiger partial charge is 0.469 e. The number of rotatable bonds is 5. The molecule has 0 amide bonds. The molecule has 0 aliphatic rings. The van der Waals surface area contributed by atoms with Gasteiger partial charge in [0.2, 0.25) is 0 Å². The maximum atomic E-state index is 11.3. The summed E-state index contributed by atoms with van der Waals surface area (Å²) in [6.45, 7) is 4.32. The number of hydrogen-bond donors (Lipinski definition) is 0. The topological polar surface area (TPSA) is 42.4 Å². The first kappa shape index (κ1) is 14.6. The quantitative estimate of drug-likeness (QED) is 0.749. The maximum absolute atomic E-state index is 11.3. The highest BCUT2D eigenvalue weighted by atomic mass is 16.5. The van der Waals surface area contributed by atoms with Crippen molar-refractivity contribution < 1.29 is 9.53 Å². The molecule has 0 saturated heterocycles. The number of hydrogen-bond acceptors (Lipinski definition) is 4. The van der Waals surface area contributed by atoms with Gasteiger partial charge in [-0.25, -0.2) is 0 Å². The third-order valence-electron chi connectivity index (χ3n) is 3.67. The fourth-order valence-corrected chi connectivity index (χ4v) is 1.90. The first-order chi connectivity index (χ1) is 8.43. The Hall–Kier alpha value is -1.42. The SMILES string of the molecule is CCC(C)(c1cncc(CC(=O)OC)c1)N(C)C. The molecular weight excluding hydrogens is 228 g/mol. The molecule has 0 bridgehead atoms. The van der Waals surface area contributed by atoms with E-state index < -0.39 is 0 Å². The van der Waals surface area contributed by atoms with Crippen LogP contribution in [0.15, 0.2) is 18.5 Å². The molecule has 1 aromatic heterocycles. The molecule has 0 radical (unpaired) electrons. The van der Waals surface area contributed by atoms with Crippen molar-refractivity contribution in [2.45, 2.75) is 32.2 Å². The van der Waals surface area contributed by atoms with Crippen LogP contribution in [0.1, 0.15) is 31.4 Å². The molecule has 0 aromatic carbocycles. The van der Waals surface area contributed by atoms with E-state index in [0.29, 0.717) is 0 Å². The van der Waals surface area contributed by atoms with Crippen molar-refractivity contribution in [3.8, 4) is 0 Å². The average molecular weight is 250 g/mol. The monoisotopic (exact) mass is 250 g/mol. The molecule has 18 heavy (non-hydrogen) atoms. The molecule has 0 aliphatic carbocycles. The third-order valence-corrected chi connectivity index (χ3v) is 3.67. The highest BCUT2D eigenvalue weighted by Crippen LogP contribution is 2.29. The summed E-state index contributed by atoms with van der Waals surface area (Å²) >= 11 is 0. The third kappa shape index (κ3) is 3.07. The first-order valence-corrected chi connectivity index (χ1v) is 6.12. The normalized spacial score (nSPS) is 14.3. The molecule has 100 valence electrons. The summed E-state index contributed by atoms with van der Waals surface area (Å²) in [5, 5.41) is 0. The highest BCUT2D eigenvalue weighted by Gasteiger charge is 2.27. The summed E-state index contributed by atoms with van der Waals surface area (Å²) in [7, 11) is 5.50. The summed E-state index contributed by atoms with van der Waals surface area (Å²) in [6.07, 6.45) is 4.82. The van der Waals surface area contributed by atoms with Crippen LogP contribution < -0.4 is 0 Å². The highest BCUT2D eigenvalue weighted by molar-refractivity contribution is 5.72. The zero-order chi connectivity index (χ0) is 13.8. The van der Waals surface area contributed by atoms with E-state index >= 15 is 0 Å². The number of ether oxygens (including phenoxy) is 1. The number of pyridine rings is 1. The van der Waals surface area contributed by atoms with Gasteiger partial charge in [0, 0.05) is 17.9 Å². The second kappa shape index (κ2) is 5.96. The summed E-state index contributed by atoms with van der Waals surface area (Å²) in [5.74, 6) is -0.239. The molecular formula is C14H22N2O2. The molecule has 0 spiro atoms. The van der Waals surface area contributed by atoms with Crippen LogP contribution in [0, 0.1) is 0 Å². The van der Waals surface area contributed by atoms with E-state index in [1.54, 1.807) is 6.20 Å². The molecule has 4 heteroatoms. The summed E-state index contributed by atoms with van der Waals surface area (Å²) in [4.78, 5) is 17.7. The number of methoxy groups -OCH3 is 1. The Labute approximate surface area is 109 Å². The smallest absolute Gasteiger partial charge is 0.310 e. The summed E-state index contributed by atoms with van der Waals surface area (Å²) in [6, 6.07) is 2.04. The minimum atomic E-state index is -0.239. The van der Waals surface area contributed by atoms with Crippen LogP contribution in [0.25, 0.3) is 0 Å². The Morgan fingerprint density at radius 2 is 2.11 bits per heavy atom. The van der Waals surface area contributed by atoms with Crippen molar-refractivity contribution in [3.63, 3.8) is 0 Å². The van der Waals surface area contributed by atoms with Crippen molar-refractivity contribution in [2.24, 2.45) is 0 Å². The Morgan fingerprint density at radius 3 is 2.61 bits per heavy atom. The van der Waals surface area contributed by atoms with Crippen molar-refractivity contribution >= 4 is 5.97 Å². The van der Waals surface area contributed by atoms with Crippen LogP contribution in [0.5, 0.6) is 0 Å². The zero-order valence-corrected chi connectivity index (χ0v) is 11.9. The van der Waals surface area contributed by atoms with E-state index in [1.807, 2.05) is 12.3 Å². The predicted molar refractivity (Wildman–Crippen MR) is 71.3 cm³/mol. The number of carbonyl (C=O) groups excluding carboxylic acids is 1. The Bertz CT molecular complexity index is 418. The van der Waals surface area contributed by atoms with Gasteiger partial charge in [-0.2, -0.15) is 0 Å². The lowest BCUT2D eigenvalue weighted by Crippen LogP contribution is -2.38. The molecule has 1 rings (SSSR count). The Kier molecular flexibility index (Phi) is 4.84. The minimum absolute atomic E-state index is 0.0703. The molecule has 0 fully saturated rings. The van der Waals surface area contributed by atoms with Gasteiger partial charge in [-0.1, -0.05) is 13.0 Å². The number of aromatic nitrogens is 1. The lowest BCUT2D eigenvalue weighted by atomic mass is 9.88. The fraction of sp³-hybridized carbons (Fsp3) is 0.571. The molecule has 0 saturated carbocycles. The molecule has 4 nitrogen and oxygen atoms in total. The summed E-state index contributed by atoms with van der Waals surface area (Å²) < 4.78 is 4.68. The van der Waals surface area contributed by atoms with Crippen molar-refractivity contribution in [1.82, 2.24) is 9.88 Å². The average Bonchev–Trinajstić information content (AvgIpc) is 2.37. The number of esters is 1. The second-order valence-corrected chi connectivity index (χ2v) is 4.86. The van der Waals surface area contributed by atoms with E-state index in [-0.39, 0.29) is 17.9 Å². The predicted octanol–water partition coefficient (Wildman–Crippen LogP) is 1.98. The van der Waals surface area contributed by atoms with Crippen molar-refractivity contribution in [3.05, 3.63) is 29.6 Å². The maximum Gasteiger partial charge on any atom is 0.310 e. The second-order valence-electron chi connectivity index (χ2n) is 4.86. The Balaban J connectivity index is 3.04. The molecule has 0 N–H and O–H groups in total. The van der Waals surface area contributed by atoms with Gasteiger partial charge in [-0.15, -0.1) is 0 Å². The van der Waals surface area contributed by atoms with Crippen LogP contribution >= 0.6 is 0 Å². The van der Waals surface area contributed by atoms with Crippen LogP contribution in [0.4, 0.5) is 0 Å². The molecule has 1 unspecified atom stereocenters. The summed E-state index contributed by atoms with van der Waals surface area (Å²) in [5.41, 5.74) is 1.94. The van der Waals surface area contributed by atoms with Gasteiger partial charge in [0.15, 0.2) is 0 Å². The van der Waals surface area contributed by atoms with Crippen LogP contribution in [-0.4, -0.2) is 37.1 Å². The molecule has 1 atom stereocenters. The van der Waals surface area contributed by atoms with E-state index in [1.165, 1.54) is 7.11 Å². The van der Waals surface area contributed by atoms with Gasteiger partial charge in [0.1, 0.15) is 0 Å². The van der Waals surface area contributed by atoms with Gasteiger partial charge in [-0.3, -0.25) is 14.7 Å². The van der Waals surface area contributed by atoms with Crippen LogP contribution in [-0.2, 0) is 21.5 Å². The lowest BCUT2D eigenvalue weighted by molar-refractivity contribution is -0.139. The van der Waals surface area contributed by atoms with Crippen LogP contribution in [0.3, 0.4) is 0 Å². The molecule has 0 aliphatic heterocycles. The number of nitrogens with zero attached hydrogens (tertiary/aromatic N) is 2. The van der Waals surface area contributed by atoms with E-state index in [9.17, 15) is 4.79 Å². The van der Waals surface area contributed by atoms with Crippen molar-refractivity contribution in [1.29, 1.82) is 0 Å². The van der Waals surface area contributed by atoms with Gasteiger partial charge in [0.05, 0.1) is 13.5 Å². The van der Waals surface area contributed by atoms with E-state index in [2.05, 4.69) is 42.6 Å². The fourth-order valence-electron chi connectivity index (χ4n) is 1.90. The number of carbonyl (C=O) groups is 1.